The first-order valence-corrected chi connectivity index (χ1v) is 9.09. The summed E-state index contributed by atoms with van der Waals surface area (Å²) in [5, 5.41) is 9.94. The molecule has 1 aromatic carbocycles. The number of allylic oxidation sites excluding steroid dienone is 1. The number of aromatic nitrogens is 4. The van der Waals surface area contributed by atoms with Crippen LogP contribution >= 0.6 is 11.3 Å². The van der Waals surface area contributed by atoms with E-state index in [1.807, 2.05) is 6.20 Å². The van der Waals surface area contributed by atoms with Gasteiger partial charge >= 0.3 is 0 Å². The third kappa shape index (κ3) is 2.20. The van der Waals surface area contributed by atoms with Crippen LogP contribution in [-0.4, -0.2) is 20.2 Å². The van der Waals surface area contributed by atoms with Crippen LogP contribution < -0.4 is 0 Å². The van der Waals surface area contributed by atoms with Crippen molar-refractivity contribution in [2.75, 3.05) is 0 Å². The molecule has 122 valence electrons. The van der Waals surface area contributed by atoms with E-state index in [1.54, 1.807) is 17.7 Å². The SMILES string of the molecule is C1=CC(c2ccccc2)(c2cccs2)Cc2[nH]nc(-c3cnc[nH]3)c21. The van der Waals surface area contributed by atoms with E-state index in [4.69, 9.17) is 0 Å². The number of benzene rings is 1. The normalized spacial score (nSPS) is 19.0. The molecule has 25 heavy (non-hydrogen) atoms. The average molecular weight is 344 g/mol. The summed E-state index contributed by atoms with van der Waals surface area (Å²) < 4.78 is 0. The highest BCUT2D eigenvalue weighted by atomic mass is 32.1. The Bertz CT molecular complexity index is 1010. The maximum absolute atomic E-state index is 4.54. The van der Waals surface area contributed by atoms with Crippen LogP contribution in [0.3, 0.4) is 0 Å². The number of hydrogen-bond acceptors (Lipinski definition) is 3. The van der Waals surface area contributed by atoms with E-state index >= 15 is 0 Å². The Hall–Kier alpha value is -2.92. The lowest BCUT2D eigenvalue weighted by atomic mass is 9.72. The fraction of sp³-hybridized carbons (Fsp3) is 0.100. The molecule has 0 bridgehead atoms. The molecule has 0 aliphatic heterocycles. The lowest BCUT2D eigenvalue weighted by Crippen LogP contribution is -2.29. The largest absolute Gasteiger partial charge is 0.343 e. The van der Waals surface area contributed by atoms with Crippen molar-refractivity contribution in [2.24, 2.45) is 0 Å². The van der Waals surface area contributed by atoms with Gasteiger partial charge in [-0.1, -0.05) is 48.6 Å². The lowest BCUT2D eigenvalue weighted by Gasteiger charge is -2.33. The molecule has 3 aromatic heterocycles. The second-order valence-electron chi connectivity index (χ2n) is 6.25. The van der Waals surface area contributed by atoms with Crippen LogP contribution in [-0.2, 0) is 11.8 Å². The van der Waals surface area contributed by atoms with Crippen LogP contribution in [0.4, 0.5) is 0 Å². The van der Waals surface area contributed by atoms with Crippen molar-refractivity contribution >= 4 is 17.4 Å². The molecule has 4 nitrogen and oxygen atoms in total. The molecular formula is C20H16N4S. The highest BCUT2D eigenvalue weighted by Crippen LogP contribution is 2.44. The molecule has 1 aliphatic rings. The third-order valence-corrected chi connectivity index (χ3v) is 5.92. The van der Waals surface area contributed by atoms with E-state index in [9.17, 15) is 0 Å². The van der Waals surface area contributed by atoms with Crippen LogP contribution in [0.1, 0.15) is 21.7 Å². The number of nitrogens with one attached hydrogen (secondary N) is 2. The predicted molar refractivity (Wildman–Crippen MR) is 100 cm³/mol. The van der Waals surface area contributed by atoms with Crippen molar-refractivity contribution in [1.82, 2.24) is 20.2 Å². The summed E-state index contributed by atoms with van der Waals surface area (Å²) >= 11 is 1.80. The second-order valence-corrected chi connectivity index (χ2v) is 7.20. The molecule has 0 saturated heterocycles. The van der Waals surface area contributed by atoms with E-state index in [-0.39, 0.29) is 5.41 Å². The Balaban J connectivity index is 1.66. The summed E-state index contributed by atoms with van der Waals surface area (Å²) in [5.41, 5.74) is 5.32. The first kappa shape index (κ1) is 14.4. The lowest BCUT2D eigenvalue weighted by molar-refractivity contribution is 0.633. The average Bonchev–Trinajstić information content (AvgIpc) is 3.42. The van der Waals surface area contributed by atoms with Crippen molar-refractivity contribution in [2.45, 2.75) is 11.8 Å². The zero-order valence-electron chi connectivity index (χ0n) is 13.4. The molecule has 1 unspecified atom stereocenters. The van der Waals surface area contributed by atoms with Gasteiger partial charge in [-0.15, -0.1) is 11.3 Å². The Labute approximate surface area is 149 Å². The molecule has 3 heterocycles. The number of thiophene rings is 1. The van der Waals surface area contributed by atoms with Crippen molar-refractivity contribution in [3.05, 3.63) is 88.1 Å². The number of fused-ring (bicyclic) bond motifs is 1. The molecule has 5 rings (SSSR count). The molecular weight excluding hydrogens is 328 g/mol. The van der Waals surface area contributed by atoms with Gasteiger partial charge in [0.2, 0.25) is 0 Å². The number of H-pyrrole nitrogens is 2. The summed E-state index contributed by atoms with van der Waals surface area (Å²) in [4.78, 5) is 8.60. The standard InChI is InChI=1S/C20H16N4S/c1-2-5-14(6-3-1)20(18-7-4-10-25-18)9-8-15-16(11-20)23-24-19(15)17-12-21-13-22-17/h1-10,12-13H,11H2,(H,21,22)(H,23,24). The maximum atomic E-state index is 4.54. The molecule has 5 heteroatoms. The molecule has 4 aromatic rings. The van der Waals surface area contributed by atoms with Gasteiger partial charge in [0.05, 0.1) is 23.6 Å². The van der Waals surface area contributed by atoms with E-state index in [0.717, 1.165) is 29.1 Å². The van der Waals surface area contributed by atoms with Crippen molar-refractivity contribution < 1.29 is 0 Å². The quantitative estimate of drug-likeness (QED) is 0.578. The van der Waals surface area contributed by atoms with Crippen molar-refractivity contribution in [1.29, 1.82) is 0 Å². The monoisotopic (exact) mass is 344 g/mol. The van der Waals surface area contributed by atoms with Gasteiger partial charge in [-0.3, -0.25) is 5.10 Å². The number of hydrogen-bond donors (Lipinski definition) is 2. The van der Waals surface area contributed by atoms with Crippen LogP contribution in [0, 0.1) is 0 Å². The molecule has 0 fully saturated rings. The molecule has 1 atom stereocenters. The molecule has 2 N–H and O–H groups in total. The minimum atomic E-state index is -0.153. The molecule has 0 spiro atoms. The summed E-state index contributed by atoms with van der Waals surface area (Å²) in [7, 11) is 0. The summed E-state index contributed by atoms with van der Waals surface area (Å²) in [6.45, 7) is 0. The molecule has 0 saturated carbocycles. The van der Waals surface area contributed by atoms with Gasteiger partial charge in [0.25, 0.3) is 0 Å². The van der Waals surface area contributed by atoms with Crippen LogP contribution in [0.25, 0.3) is 17.5 Å². The van der Waals surface area contributed by atoms with Gasteiger partial charge in [-0.05, 0) is 17.0 Å². The van der Waals surface area contributed by atoms with Crippen LogP contribution in [0.5, 0.6) is 0 Å². The van der Waals surface area contributed by atoms with E-state index < -0.39 is 0 Å². The topological polar surface area (TPSA) is 57.4 Å². The van der Waals surface area contributed by atoms with Crippen LogP contribution in [0.2, 0.25) is 0 Å². The number of imidazole rings is 1. The summed E-state index contributed by atoms with van der Waals surface area (Å²) in [5.74, 6) is 0. The Kier molecular flexibility index (Phi) is 3.21. The zero-order valence-corrected chi connectivity index (χ0v) is 14.3. The Morgan fingerprint density at radius 1 is 1.08 bits per heavy atom. The van der Waals surface area contributed by atoms with Gasteiger partial charge in [-0.2, -0.15) is 5.10 Å². The van der Waals surface area contributed by atoms with Gasteiger partial charge in [0, 0.05) is 22.6 Å². The van der Waals surface area contributed by atoms with Crippen molar-refractivity contribution in [3.63, 3.8) is 0 Å². The first-order valence-electron chi connectivity index (χ1n) is 8.21. The van der Waals surface area contributed by atoms with Gasteiger partial charge in [0.15, 0.2) is 0 Å². The number of nitrogens with zero attached hydrogens (tertiary/aromatic N) is 2. The molecule has 0 amide bonds. The molecule has 1 aliphatic carbocycles. The van der Waals surface area contributed by atoms with E-state index in [1.165, 1.54) is 10.4 Å². The number of rotatable bonds is 3. The smallest absolute Gasteiger partial charge is 0.117 e. The molecule has 0 radical (unpaired) electrons. The van der Waals surface area contributed by atoms with Gasteiger partial charge < -0.3 is 4.98 Å². The number of aromatic amines is 2. The first-order chi connectivity index (χ1) is 12.4. The predicted octanol–water partition coefficient (Wildman–Crippen LogP) is 4.42. The Morgan fingerprint density at radius 2 is 2.00 bits per heavy atom. The maximum Gasteiger partial charge on any atom is 0.117 e. The third-order valence-electron chi connectivity index (χ3n) is 4.88. The zero-order chi connectivity index (χ0) is 16.7. The fourth-order valence-electron chi connectivity index (χ4n) is 3.63. The van der Waals surface area contributed by atoms with Gasteiger partial charge in [-0.25, -0.2) is 4.98 Å². The van der Waals surface area contributed by atoms with Gasteiger partial charge in [0.1, 0.15) is 5.69 Å². The summed E-state index contributed by atoms with van der Waals surface area (Å²) in [6, 6.07) is 15.0. The minimum Gasteiger partial charge on any atom is -0.343 e. The second kappa shape index (κ2) is 5.57. The highest BCUT2D eigenvalue weighted by Gasteiger charge is 2.37. The fourth-order valence-corrected chi connectivity index (χ4v) is 4.56. The summed E-state index contributed by atoms with van der Waals surface area (Å²) in [6.07, 6.45) is 8.88. The highest BCUT2D eigenvalue weighted by molar-refractivity contribution is 7.10. The minimum absolute atomic E-state index is 0.153. The Morgan fingerprint density at radius 3 is 2.76 bits per heavy atom. The van der Waals surface area contributed by atoms with E-state index in [0.29, 0.717) is 0 Å². The van der Waals surface area contributed by atoms with E-state index in [2.05, 4.69) is 80.2 Å². The van der Waals surface area contributed by atoms with Crippen LogP contribution in [0.15, 0.2) is 66.4 Å². The van der Waals surface area contributed by atoms with Crippen molar-refractivity contribution in [3.8, 4) is 11.4 Å².